The van der Waals surface area contributed by atoms with Crippen LogP contribution in [0.2, 0.25) is 0 Å². The summed E-state index contributed by atoms with van der Waals surface area (Å²) in [7, 11) is 1.79. The number of rotatable bonds is 0. The molecular formula is C6H12N2O2. The number of hydrogen-bond donors (Lipinski definition) is 2. The molecule has 1 unspecified atom stereocenters. The monoisotopic (exact) mass is 144 g/mol. The molecule has 0 aromatic heterocycles. The van der Waals surface area contributed by atoms with Gasteiger partial charge in [-0.2, -0.15) is 0 Å². The minimum absolute atomic E-state index is 0.385. The van der Waals surface area contributed by atoms with Crippen molar-refractivity contribution in [3.63, 3.8) is 0 Å². The van der Waals surface area contributed by atoms with E-state index in [1.54, 1.807) is 18.1 Å². The van der Waals surface area contributed by atoms with Crippen LogP contribution in [-0.2, 0) is 4.74 Å². The molecule has 0 aromatic carbocycles. The molecule has 58 valence electrons. The molecule has 4 heteroatoms. The number of aliphatic hydroxyl groups is 1. The Bertz CT molecular complexity index is 127. The van der Waals surface area contributed by atoms with Crippen molar-refractivity contribution in [2.75, 3.05) is 20.4 Å². The summed E-state index contributed by atoms with van der Waals surface area (Å²) in [6.07, 6.45) is 2.98. The summed E-state index contributed by atoms with van der Waals surface area (Å²) in [5, 5.41) is 11.9. The van der Waals surface area contributed by atoms with Gasteiger partial charge in [0.05, 0.1) is 6.61 Å². The Morgan fingerprint density at radius 1 is 1.80 bits per heavy atom. The first kappa shape index (κ1) is 7.53. The van der Waals surface area contributed by atoms with E-state index in [2.05, 4.69) is 5.32 Å². The lowest BCUT2D eigenvalue weighted by atomic mass is 10.6. The first-order valence-corrected chi connectivity index (χ1v) is 3.18. The Morgan fingerprint density at radius 2 is 2.60 bits per heavy atom. The van der Waals surface area contributed by atoms with Crippen LogP contribution in [0.1, 0.15) is 0 Å². The lowest BCUT2D eigenvalue weighted by Gasteiger charge is -2.24. The zero-order chi connectivity index (χ0) is 7.40. The number of nitrogens with zero attached hydrogens (tertiary/aromatic N) is 1. The summed E-state index contributed by atoms with van der Waals surface area (Å²) < 4.78 is 5.01. The molecule has 1 rings (SSSR count). The maximum Gasteiger partial charge on any atom is 0.185 e. The van der Waals surface area contributed by atoms with Crippen LogP contribution in [0, 0.1) is 0 Å². The summed E-state index contributed by atoms with van der Waals surface area (Å²) in [5.41, 5.74) is 0. The molecule has 1 aliphatic heterocycles. The van der Waals surface area contributed by atoms with Crippen molar-refractivity contribution in [1.29, 1.82) is 0 Å². The van der Waals surface area contributed by atoms with Gasteiger partial charge in [-0.15, -0.1) is 0 Å². The molecule has 4 nitrogen and oxygen atoms in total. The number of ether oxygens (including phenoxy) is 1. The Balaban J connectivity index is 2.44. The maximum atomic E-state index is 9.17. The third-order valence-electron chi connectivity index (χ3n) is 1.31. The molecule has 0 radical (unpaired) electrons. The van der Waals surface area contributed by atoms with Crippen molar-refractivity contribution < 1.29 is 9.84 Å². The van der Waals surface area contributed by atoms with E-state index in [1.165, 1.54) is 0 Å². The number of aliphatic hydroxyl groups excluding tert-OH is 1. The summed E-state index contributed by atoms with van der Waals surface area (Å²) in [6, 6.07) is 0. The lowest BCUT2D eigenvalue weighted by Crippen LogP contribution is -2.42. The van der Waals surface area contributed by atoms with E-state index in [-0.39, 0.29) is 0 Å². The van der Waals surface area contributed by atoms with Gasteiger partial charge < -0.3 is 14.7 Å². The molecule has 0 aliphatic carbocycles. The van der Waals surface area contributed by atoms with Gasteiger partial charge in [-0.1, -0.05) is 0 Å². The topological polar surface area (TPSA) is 44.7 Å². The van der Waals surface area contributed by atoms with E-state index in [9.17, 15) is 0 Å². The third-order valence-corrected chi connectivity index (χ3v) is 1.31. The Labute approximate surface area is 60.1 Å². The number of hydrogen-bond acceptors (Lipinski definition) is 4. The normalized spacial score (nSPS) is 27.8. The third kappa shape index (κ3) is 1.98. The van der Waals surface area contributed by atoms with Crippen molar-refractivity contribution in [3.05, 3.63) is 12.3 Å². The van der Waals surface area contributed by atoms with Gasteiger partial charge in [0.15, 0.2) is 6.35 Å². The summed E-state index contributed by atoms with van der Waals surface area (Å²) >= 11 is 0. The minimum Gasteiger partial charge on any atom is -0.362 e. The molecular weight excluding hydrogens is 132 g/mol. The first-order valence-electron chi connectivity index (χ1n) is 3.18. The molecule has 2 N–H and O–H groups in total. The highest BCUT2D eigenvalue weighted by Crippen LogP contribution is 1.92. The Kier molecular flexibility index (Phi) is 2.68. The van der Waals surface area contributed by atoms with Gasteiger partial charge in [-0.25, -0.2) is 0 Å². The summed E-state index contributed by atoms with van der Waals surface area (Å²) in [4.78, 5) is 1.67. The average molecular weight is 144 g/mol. The average Bonchev–Trinajstić information content (AvgIpc) is 1.92. The van der Waals surface area contributed by atoms with Gasteiger partial charge >= 0.3 is 0 Å². The fourth-order valence-corrected chi connectivity index (χ4v) is 0.695. The van der Waals surface area contributed by atoms with E-state index in [0.717, 1.165) is 0 Å². The molecule has 10 heavy (non-hydrogen) atoms. The van der Waals surface area contributed by atoms with E-state index in [4.69, 9.17) is 9.84 Å². The number of nitrogens with one attached hydrogen (secondary N) is 1. The molecule has 1 atom stereocenters. The molecule has 0 fully saturated rings. The zero-order valence-electron chi connectivity index (χ0n) is 5.95. The fraction of sp³-hybridized carbons (Fsp3) is 0.667. The second-order valence-electron chi connectivity index (χ2n) is 2.14. The predicted molar refractivity (Wildman–Crippen MR) is 36.9 cm³/mol. The van der Waals surface area contributed by atoms with Crippen LogP contribution >= 0.6 is 0 Å². The largest absolute Gasteiger partial charge is 0.362 e. The van der Waals surface area contributed by atoms with E-state index in [1.807, 2.05) is 6.08 Å². The van der Waals surface area contributed by atoms with Gasteiger partial charge in [0.2, 0.25) is 0 Å². The smallest absolute Gasteiger partial charge is 0.185 e. The van der Waals surface area contributed by atoms with Gasteiger partial charge in [0, 0.05) is 13.2 Å². The summed E-state index contributed by atoms with van der Waals surface area (Å²) in [5.74, 6) is 0. The quantitative estimate of drug-likeness (QED) is 0.471. The van der Waals surface area contributed by atoms with E-state index >= 15 is 0 Å². The van der Waals surface area contributed by atoms with Crippen molar-refractivity contribution in [2.45, 2.75) is 6.35 Å². The molecule has 0 saturated heterocycles. The van der Waals surface area contributed by atoms with Crippen LogP contribution in [0.4, 0.5) is 0 Å². The first-order chi connectivity index (χ1) is 4.80. The Morgan fingerprint density at radius 3 is 3.40 bits per heavy atom. The highest BCUT2D eigenvalue weighted by molar-refractivity contribution is 4.82. The van der Waals surface area contributed by atoms with Gasteiger partial charge in [-0.3, -0.25) is 5.32 Å². The van der Waals surface area contributed by atoms with E-state index in [0.29, 0.717) is 13.3 Å². The maximum absolute atomic E-state index is 9.17. The minimum atomic E-state index is -0.642. The van der Waals surface area contributed by atoms with Crippen molar-refractivity contribution in [2.24, 2.45) is 0 Å². The van der Waals surface area contributed by atoms with Crippen LogP contribution < -0.4 is 5.32 Å². The molecule has 0 aromatic rings. The van der Waals surface area contributed by atoms with Crippen molar-refractivity contribution >= 4 is 0 Å². The van der Waals surface area contributed by atoms with Gasteiger partial charge in [0.25, 0.3) is 0 Å². The van der Waals surface area contributed by atoms with Crippen LogP contribution in [0.5, 0.6) is 0 Å². The van der Waals surface area contributed by atoms with Crippen molar-refractivity contribution in [1.82, 2.24) is 10.2 Å². The highest BCUT2D eigenvalue weighted by Gasteiger charge is 2.06. The van der Waals surface area contributed by atoms with Gasteiger partial charge in [0.1, 0.15) is 6.73 Å². The van der Waals surface area contributed by atoms with Crippen LogP contribution in [0.15, 0.2) is 12.3 Å². The van der Waals surface area contributed by atoms with Crippen LogP contribution in [-0.4, -0.2) is 36.7 Å². The van der Waals surface area contributed by atoms with E-state index < -0.39 is 6.35 Å². The molecule has 0 amide bonds. The highest BCUT2D eigenvalue weighted by atomic mass is 16.5. The summed E-state index contributed by atoms with van der Waals surface area (Å²) in [6.45, 7) is 0.972. The SMILES string of the molecule is CN1C=CCOCNC1O. The molecule has 0 bridgehead atoms. The molecule has 1 heterocycles. The van der Waals surface area contributed by atoms with Crippen molar-refractivity contribution in [3.8, 4) is 0 Å². The zero-order valence-corrected chi connectivity index (χ0v) is 5.95. The lowest BCUT2D eigenvalue weighted by molar-refractivity contribution is -0.0160. The molecule has 0 spiro atoms. The Hall–Kier alpha value is -0.580. The second kappa shape index (κ2) is 3.55. The molecule has 0 saturated carbocycles. The van der Waals surface area contributed by atoms with Gasteiger partial charge in [-0.05, 0) is 6.08 Å². The predicted octanol–water partition coefficient (Wildman–Crippen LogP) is -0.715. The fourth-order valence-electron chi connectivity index (χ4n) is 0.695. The molecule has 1 aliphatic rings. The van der Waals surface area contributed by atoms with Crippen LogP contribution in [0.25, 0.3) is 0 Å². The standard InChI is InChI=1S/C6H12N2O2/c1-8-3-2-4-10-5-7-6(8)9/h2-3,6-7,9H,4-5H2,1H3. The van der Waals surface area contributed by atoms with Crippen LogP contribution in [0.3, 0.4) is 0 Å². The second-order valence-corrected chi connectivity index (χ2v) is 2.14.